The summed E-state index contributed by atoms with van der Waals surface area (Å²) in [6.45, 7) is 9.19. The van der Waals surface area contributed by atoms with Gasteiger partial charge in [0.2, 0.25) is 5.91 Å². The van der Waals surface area contributed by atoms with Gasteiger partial charge < -0.3 is 15.1 Å². The highest BCUT2D eigenvalue weighted by Gasteiger charge is 2.42. The molecule has 0 radical (unpaired) electrons. The van der Waals surface area contributed by atoms with Crippen LogP contribution in [0.25, 0.3) is 0 Å². The number of carbonyl (C=O) groups is 1. The number of piperazine rings is 1. The van der Waals surface area contributed by atoms with Gasteiger partial charge in [0.05, 0.1) is 10.7 Å². The number of likely N-dealkylation sites (N-methyl/N-ethyl adjacent to an activating group) is 1. The average molecular weight is 561 g/mol. The van der Waals surface area contributed by atoms with E-state index < -0.39 is 5.41 Å². The van der Waals surface area contributed by atoms with Crippen molar-refractivity contribution >= 4 is 23.2 Å². The van der Waals surface area contributed by atoms with Crippen LogP contribution in [-0.2, 0) is 16.6 Å². The Hall–Kier alpha value is -2.86. The molecule has 0 atom stereocenters. The Morgan fingerprint density at radius 2 is 1.48 bits per heavy atom. The molecular formula is C34H45ClN4O. The molecular weight excluding hydrogens is 516 g/mol. The first-order chi connectivity index (χ1) is 19.5. The lowest BCUT2D eigenvalue weighted by molar-refractivity contribution is -0.133. The van der Waals surface area contributed by atoms with Gasteiger partial charge in [-0.1, -0.05) is 91.3 Å². The number of carbonyl (C=O) groups excluding carboxylic acids is 1. The number of hydrogen-bond donors (Lipinski definition) is 1. The van der Waals surface area contributed by atoms with Crippen LogP contribution in [0.15, 0.2) is 78.9 Å². The topological polar surface area (TPSA) is 38.8 Å². The van der Waals surface area contributed by atoms with Crippen LogP contribution in [0.4, 0.5) is 5.69 Å². The van der Waals surface area contributed by atoms with Gasteiger partial charge in [-0.15, -0.1) is 0 Å². The molecule has 1 fully saturated rings. The molecule has 3 aromatic rings. The number of benzene rings is 3. The third kappa shape index (κ3) is 7.06. The van der Waals surface area contributed by atoms with Crippen LogP contribution < -0.4 is 10.2 Å². The van der Waals surface area contributed by atoms with Crippen molar-refractivity contribution in [3.8, 4) is 0 Å². The highest BCUT2D eigenvalue weighted by atomic mass is 35.5. The number of amides is 1. The molecule has 6 heteroatoms. The van der Waals surface area contributed by atoms with Crippen LogP contribution in [0.2, 0.25) is 5.02 Å². The lowest BCUT2D eigenvalue weighted by Gasteiger charge is -2.37. The lowest BCUT2D eigenvalue weighted by atomic mass is 9.71. The molecule has 0 aliphatic carbocycles. The normalized spacial score (nSPS) is 14.3. The van der Waals surface area contributed by atoms with Gasteiger partial charge in [0.25, 0.3) is 0 Å². The van der Waals surface area contributed by atoms with Crippen molar-refractivity contribution in [3.63, 3.8) is 0 Å². The highest BCUT2D eigenvalue weighted by Crippen LogP contribution is 2.37. The molecule has 40 heavy (non-hydrogen) atoms. The lowest BCUT2D eigenvalue weighted by Crippen LogP contribution is -2.47. The molecule has 1 heterocycles. The highest BCUT2D eigenvalue weighted by molar-refractivity contribution is 6.34. The summed E-state index contributed by atoms with van der Waals surface area (Å²) in [7, 11) is 3.71. The Morgan fingerprint density at radius 3 is 2.05 bits per heavy atom. The fourth-order valence-corrected chi connectivity index (χ4v) is 6.30. The van der Waals surface area contributed by atoms with Crippen LogP contribution >= 0.6 is 11.6 Å². The van der Waals surface area contributed by atoms with E-state index >= 15 is 0 Å². The number of anilines is 1. The van der Waals surface area contributed by atoms with E-state index in [2.05, 4.69) is 64.5 Å². The number of aryl methyl sites for hydroxylation is 1. The van der Waals surface area contributed by atoms with E-state index in [1.165, 1.54) is 11.3 Å². The van der Waals surface area contributed by atoms with Gasteiger partial charge in [-0.05, 0) is 68.1 Å². The molecule has 1 amide bonds. The SMILES string of the molecule is CCc1cccc(N2CCN(CCCCNCCC(C(=O)N(C)C)(c3ccccc3)c3ccccc3)CC2)c1Cl. The van der Waals surface area contributed by atoms with Crippen molar-refractivity contribution in [2.45, 2.75) is 38.0 Å². The Balaban J connectivity index is 1.25. The summed E-state index contributed by atoms with van der Waals surface area (Å²) >= 11 is 6.67. The van der Waals surface area contributed by atoms with Crippen molar-refractivity contribution in [2.75, 3.05) is 64.8 Å². The fraction of sp³-hybridized carbons (Fsp3) is 0.441. The number of rotatable bonds is 13. The molecule has 1 saturated heterocycles. The largest absolute Gasteiger partial charge is 0.368 e. The predicted molar refractivity (Wildman–Crippen MR) is 169 cm³/mol. The minimum absolute atomic E-state index is 0.119. The molecule has 1 N–H and O–H groups in total. The quantitative estimate of drug-likeness (QED) is 0.266. The first-order valence-electron chi connectivity index (χ1n) is 14.8. The summed E-state index contributed by atoms with van der Waals surface area (Å²) in [5.41, 5.74) is 3.79. The zero-order valence-electron chi connectivity index (χ0n) is 24.4. The van der Waals surface area contributed by atoms with Crippen molar-refractivity contribution in [1.82, 2.24) is 15.1 Å². The zero-order valence-corrected chi connectivity index (χ0v) is 25.2. The van der Waals surface area contributed by atoms with E-state index in [-0.39, 0.29) is 5.91 Å². The first-order valence-corrected chi connectivity index (χ1v) is 15.1. The summed E-state index contributed by atoms with van der Waals surface area (Å²) in [5, 5.41) is 4.56. The van der Waals surface area contributed by atoms with Crippen molar-refractivity contribution in [3.05, 3.63) is 101 Å². The molecule has 0 aromatic heterocycles. The van der Waals surface area contributed by atoms with E-state index in [9.17, 15) is 4.79 Å². The van der Waals surface area contributed by atoms with Crippen molar-refractivity contribution in [2.24, 2.45) is 0 Å². The number of halogens is 1. The number of hydrogen-bond acceptors (Lipinski definition) is 4. The van der Waals surface area contributed by atoms with Gasteiger partial charge in [0, 0.05) is 40.3 Å². The summed E-state index contributed by atoms with van der Waals surface area (Å²) in [6, 6.07) is 26.9. The maximum Gasteiger partial charge on any atom is 0.237 e. The van der Waals surface area contributed by atoms with E-state index in [4.69, 9.17) is 11.6 Å². The van der Waals surface area contributed by atoms with Gasteiger partial charge in [0.15, 0.2) is 0 Å². The second-order valence-electron chi connectivity index (χ2n) is 11.0. The molecule has 5 nitrogen and oxygen atoms in total. The Labute approximate surface area is 246 Å². The van der Waals surface area contributed by atoms with E-state index in [1.807, 2.05) is 50.5 Å². The molecule has 1 aliphatic heterocycles. The molecule has 0 spiro atoms. The summed E-state index contributed by atoms with van der Waals surface area (Å²) in [6.07, 6.45) is 3.96. The molecule has 1 aliphatic rings. The average Bonchev–Trinajstić information content (AvgIpc) is 3.00. The minimum atomic E-state index is -0.710. The van der Waals surface area contributed by atoms with Gasteiger partial charge in [0.1, 0.15) is 5.41 Å². The van der Waals surface area contributed by atoms with Crippen LogP contribution in [-0.4, -0.2) is 75.6 Å². The Bertz CT molecular complexity index is 1150. The second-order valence-corrected chi connectivity index (χ2v) is 11.4. The molecule has 3 aromatic carbocycles. The molecule has 0 bridgehead atoms. The molecule has 214 valence electrons. The number of nitrogens with zero attached hydrogens (tertiary/aromatic N) is 3. The molecule has 0 unspecified atom stereocenters. The summed E-state index contributed by atoms with van der Waals surface area (Å²) in [4.78, 5) is 20.5. The van der Waals surface area contributed by atoms with Gasteiger partial charge >= 0.3 is 0 Å². The predicted octanol–water partition coefficient (Wildman–Crippen LogP) is 5.86. The zero-order chi connectivity index (χ0) is 28.4. The smallest absolute Gasteiger partial charge is 0.237 e. The molecule has 0 saturated carbocycles. The second kappa shape index (κ2) is 14.7. The Morgan fingerprint density at radius 1 is 0.850 bits per heavy atom. The third-order valence-electron chi connectivity index (χ3n) is 8.21. The monoisotopic (exact) mass is 560 g/mol. The van der Waals surface area contributed by atoms with Crippen molar-refractivity contribution < 1.29 is 4.79 Å². The standard InChI is InChI=1S/C34H45ClN4O/c1-4-28-14-13-19-31(32(28)35)39-26-24-38(25-27-39)23-12-11-21-36-22-20-34(33(40)37(2)3,29-15-7-5-8-16-29)30-17-9-6-10-18-30/h5-10,13-19,36H,4,11-12,20-27H2,1-3H3. The van der Waals surface area contributed by atoms with Crippen LogP contribution in [0, 0.1) is 0 Å². The van der Waals surface area contributed by atoms with Gasteiger partial charge in [-0.25, -0.2) is 0 Å². The fourth-order valence-electron chi connectivity index (χ4n) is 5.92. The maximum absolute atomic E-state index is 13.8. The third-order valence-corrected chi connectivity index (χ3v) is 8.65. The number of unbranched alkanes of at least 4 members (excludes halogenated alkanes) is 1. The van der Waals surface area contributed by atoms with Gasteiger partial charge in [-0.2, -0.15) is 0 Å². The van der Waals surface area contributed by atoms with E-state index in [1.54, 1.807) is 4.90 Å². The summed E-state index contributed by atoms with van der Waals surface area (Å²) in [5.74, 6) is 0.119. The Kier molecular flexibility index (Phi) is 11.0. The van der Waals surface area contributed by atoms with Crippen molar-refractivity contribution in [1.29, 1.82) is 0 Å². The summed E-state index contributed by atoms with van der Waals surface area (Å²) < 4.78 is 0. The van der Waals surface area contributed by atoms with Crippen LogP contribution in [0.1, 0.15) is 42.9 Å². The van der Waals surface area contributed by atoms with E-state index in [0.29, 0.717) is 6.42 Å². The van der Waals surface area contributed by atoms with Gasteiger partial charge in [-0.3, -0.25) is 9.69 Å². The number of nitrogens with one attached hydrogen (secondary N) is 1. The van der Waals surface area contributed by atoms with Crippen LogP contribution in [0.3, 0.4) is 0 Å². The van der Waals surface area contributed by atoms with E-state index in [0.717, 1.165) is 81.2 Å². The molecule has 4 rings (SSSR count). The first kappa shape index (κ1) is 30.1. The van der Waals surface area contributed by atoms with Crippen LogP contribution in [0.5, 0.6) is 0 Å². The minimum Gasteiger partial charge on any atom is -0.368 e. The maximum atomic E-state index is 13.8.